The van der Waals surface area contributed by atoms with Gasteiger partial charge in [0.25, 0.3) is 0 Å². The number of nitrogens with zero attached hydrogens (tertiary/aromatic N) is 4. The van der Waals surface area contributed by atoms with Crippen molar-refractivity contribution in [1.29, 1.82) is 0 Å². The van der Waals surface area contributed by atoms with Crippen molar-refractivity contribution in [1.82, 2.24) is 19.4 Å². The van der Waals surface area contributed by atoms with Gasteiger partial charge in [0.15, 0.2) is 0 Å². The van der Waals surface area contributed by atoms with E-state index in [9.17, 15) is 13.2 Å². The Labute approximate surface area is 177 Å². The third-order valence-electron chi connectivity index (χ3n) is 5.98. The number of carbonyl (C=O) groups is 1. The minimum absolute atomic E-state index is 0.0222. The van der Waals surface area contributed by atoms with Gasteiger partial charge in [-0.25, -0.2) is 8.42 Å². The van der Waals surface area contributed by atoms with E-state index >= 15 is 0 Å². The van der Waals surface area contributed by atoms with Gasteiger partial charge in [-0.15, -0.1) is 10.2 Å². The lowest BCUT2D eigenvalue weighted by atomic mass is 10.0. The van der Waals surface area contributed by atoms with Crippen LogP contribution in [0.5, 0.6) is 0 Å². The third-order valence-corrected chi connectivity index (χ3v) is 7.90. The Kier molecular flexibility index (Phi) is 6.19. The number of hydrogen-bond donors (Lipinski definition) is 0. The maximum Gasteiger partial charge on any atom is 0.311 e. The molecule has 4 rings (SSSR count). The molecule has 0 radical (unpaired) electrons. The summed E-state index contributed by atoms with van der Waals surface area (Å²) < 4.78 is 32.9. The highest BCUT2D eigenvalue weighted by Gasteiger charge is 2.28. The molecule has 162 valence electrons. The average Bonchev–Trinajstić information content (AvgIpc) is 3.09. The van der Waals surface area contributed by atoms with Gasteiger partial charge in [-0.3, -0.25) is 4.79 Å². The van der Waals surface area contributed by atoms with Crippen LogP contribution in [0.4, 0.5) is 0 Å². The van der Waals surface area contributed by atoms with E-state index in [0.29, 0.717) is 37.7 Å². The molecule has 0 N–H and O–H groups in total. The third kappa shape index (κ3) is 4.41. The summed E-state index contributed by atoms with van der Waals surface area (Å²) in [6, 6.07) is 6.41. The van der Waals surface area contributed by atoms with Crippen LogP contribution in [0, 0.1) is 5.92 Å². The monoisotopic (exact) mass is 432 g/mol. The van der Waals surface area contributed by atoms with E-state index in [2.05, 4.69) is 17.1 Å². The molecule has 0 unspecified atom stereocenters. The molecule has 2 aromatic rings. The van der Waals surface area contributed by atoms with Crippen molar-refractivity contribution in [2.24, 2.45) is 5.92 Å². The summed E-state index contributed by atoms with van der Waals surface area (Å²) in [4.78, 5) is 14.6. The number of rotatable bonds is 4. The second-order valence-electron chi connectivity index (χ2n) is 8.23. The maximum atomic E-state index is 12.9. The van der Waals surface area contributed by atoms with Gasteiger partial charge in [-0.1, -0.05) is 19.8 Å². The van der Waals surface area contributed by atoms with Gasteiger partial charge in [0.1, 0.15) is 0 Å². The molecular formula is C21H28N4O4S. The number of hydrogen-bond acceptors (Lipinski definition) is 6. The number of likely N-dealkylation sites (tertiary alicyclic amines) is 1. The molecule has 1 aromatic carbocycles. The van der Waals surface area contributed by atoms with Crippen LogP contribution in [0.3, 0.4) is 0 Å². The van der Waals surface area contributed by atoms with Crippen LogP contribution in [0.15, 0.2) is 33.6 Å². The van der Waals surface area contributed by atoms with E-state index in [1.807, 2.05) is 0 Å². The predicted molar refractivity (Wildman–Crippen MR) is 111 cm³/mol. The fourth-order valence-electron chi connectivity index (χ4n) is 3.98. The SMILES string of the molecule is CC1CCN(S(=O)(=O)c2ccc(-c3nnc(C(=O)N4CCCCCC4)o3)cc2)CC1. The van der Waals surface area contributed by atoms with Crippen LogP contribution < -0.4 is 0 Å². The first-order valence-electron chi connectivity index (χ1n) is 10.7. The normalized spacial score (nSPS) is 19.6. The second-order valence-corrected chi connectivity index (χ2v) is 10.2. The van der Waals surface area contributed by atoms with Crippen LogP contribution in [-0.4, -0.2) is 59.9 Å². The highest BCUT2D eigenvalue weighted by Crippen LogP contribution is 2.26. The molecule has 2 fully saturated rings. The van der Waals surface area contributed by atoms with Gasteiger partial charge in [-0.2, -0.15) is 4.31 Å². The summed E-state index contributed by atoms with van der Waals surface area (Å²) in [5.74, 6) is 0.506. The first kappa shape index (κ1) is 21.0. The lowest BCUT2D eigenvalue weighted by Gasteiger charge is -2.29. The van der Waals surface area contributed by atoms with E-state index in [-0.39, 0.29) is 22.6 Å². The molecule has 0 atom stereocenters. The van der Waals surface area contributed by atoms with Gasteiger partial charge in [0, 0.05) is 31.7 Å². The zero-order valence-electron chi connectivity index (χ0n) is 17.3. The Bertz CT molecular complexity index is 971. The summed E-state index contributed by atoms with van der Waals surface area (Å²) in [5, 5.41) is 7.91. The van der Waals surface area contributed by atoms with Gasteiger partial charge < -0.3 is 9.32 Å². The van der Waals surface area contributed by atoms with Gasteiger partial charge in [-0.05, 0) is 55.9 Å². The largest absolute Gasteiger partial charge is 0.412 e. The van der Waals surface area contributed by atoms with Gasteiger partial charge in [0.05, 0.1) is 4.90 Å². The molecule has 0 bridgehead atoms. The quantitative estimate of drug-likeness (QED) is 0.736. The van der Waals surface area contributed by atoms with Crippen molar-refractivity contribution in [2.75, 3.05) is 26.2 Å². The van der Waals surface area contributed by atoms with Gasteiger partial charge >= 0.3 is 11.8 Å². The summed E-state index contributed by atoms with van der Waals surface area (Å²) in [5.41, 5.74) is 0.587. The van der Waals surface area contributed by atoms with Crippen molar-refractivity contribution in [3.8, 4) is 11.5 Å². The number of carbonyl (C=O) groups excluding carboxylic acids is 1. The minimum Gasteiger partial charge on any atom is -0.412 e. The van der Waals surface area contributed by atoms with Crippen molar-refractivity contribution in [3.63, 3.8) is 0 Å². The Morgan fingerprint density at radius 1 is 0.967 bits per heavy atom. The van der Waals surface area contributed by atoms with Crippen molar-refractivity contribution in [3.05, 3.63) is 30.2 Å². The van der Waals surface area contributed by atoms with Gasteiger partial charge in [0.2, 0.25) is 15.9 Å². The van der Waals surface area contributed by atoms with E-state index in [1.165, 1.54) is 0 Å². The minimum atomic E-state index is -3.50. The molecule has 3 heterocycles. The molecule has 0 saturated carbocycles. The lowest BCUT2D eigenvalue weighted by Crippen LogP contribution is -2.37. The fraction of sp³-hybridized carbons (Fsp3) is 0.571. The van der Waals surface area contributed by atoms with Crippen LogP contribution >= 0.6 is 0 Å². The summed E-state index contributed by atoms with van der Waals surface area (Å²) in [6.45, 7) is 4.67. The maximum absolute atomic E-state index is 12.9. The Balaban J connectivity index is 1.47. The van der Waals surface area contributed by atoms with E-state index < -0.39 is 10.0 Å². The lowest BCUT2D eigenvalue weighted by molar-refractivity contribution is 0.0722. The molecule has 8 nitrogen and oxygen atoms in total. The number of piperidine rings is 1. The van der Waals surface area contributed by atoms with Crippen molar-refractivity contribution >= 4 is 15.9 Å². The fourth-order valence-corrected chi connectivity index (χ4v) is 5.45. The molecule has 0 aliphatic carbocycles. The molecule has 2 saturated heterocycles. The first-order chi connectivity index (χ1) is 14.4. The van der Waals surface area contributed by atoms with E-state index in [0.717, 1.165) is 38.5 Å². The molecule has 1 amide bonds. The Hall–Kier alpha value is -2.26. The number of amides is 1. The van der Waals surface area contributed by atoms with Crippen LogP contribution in [-0.2, 0) is 10.0 Å². The first-order valence-corrected chi connectivity index (χ1v) is 12.1. The Morgan fingerprint density at radius 3 is 2.23 bits per heavy atom. The molecule has 2 aliphatic heterocycles. The number of benzene rings is 1. The highest BCUT2D eigenvalue weighted by molar-refractivity contribution is 7.89. The standard InChI is InChI=1S/C21H28N4O4S/c1-16-10-14-25(15-11-16)30(27,28)18-8-6-17(7-9-18)19-22-23-20(29-19)21(26)24-12-4-2-3-5-13-24/h6-9,16H,2-5,10-15H2,1H3. The predicted octanol–water partition coefficient (Wildman–Crippen LogP) is 3.17. The zero-order valence-corrected chi connectivity index (χ0v) is 18.1. The van der Waals surface area contributed by atoms with E-state index in [4.69, 9.17) is 4.42 Å². The molecule has 30 heavy (non-hydrogen) atoms. The molecule has 2 aliphatic rings. The van der Waals surface area contributed by atoms with Crippen LogP contribution in [0.25, 0.3) is 11.5 Å². The molecule has 0 spiro atoms. The Morgan fingerprint density at radius 2 is 1.60 bits per heavy atom. The zero-order chi connectivity index (χ0) is 21.1. The number of aromatic nitrogens is 2. The second kappa shape index (κ2) is 8.85. The van der Waals surface area contributed by atoms with Crippen LogP contribution in [0.2, 0.25) is 0 Å². The van der Waals surface area contributed by atoms with E-state index in [1.54, 1.807) is 33.5 Å². The average molecular weight is 433 g/mol. The smallest absolute Gasteiger partial charge is 0.311 e. The molecule has 1 aromatic heterocycles. The van der Waals surface area contributed by atoms with Crippen molar-refractivity contribution in [2.45, 2.75) is 50.3 Å². The molecular weight excluding hydrogens is 404 g/mol. The highest BCUT2D eigenvalue weighted by atomic mass is 32.2. The summed E-state index contributed by atoms with van der Waals surface area (Å²) in [7, 11) is -3.50. The van der Waals surface area contributed by atoms with Crippen molar-refractivity contribution < 1.29 is 17.6 Å². The number of sulfonamides is 1. The van der Waals surface area contributed by atoms with Crippen LogP contribution in [0.1, 0.15) is 56.1 Å². The summed E-state index contributed by atoms with van der Waals surface area (Å²) >= 11 is 0. The summed E-state index contributed by atoms with van der Waals surface area (Å²) in [6.07, 6.45) is 5.99. The topological polar surface area (TPSA) is 96.6 Å². The molecule has 9 heteroatoms.